The lowest BCUT2D eigenvalue weighted by Crippen LogP contribution is -2.17. The lowest BCUT2D eigenvalue weighted by molar-refractivity contribution is 0.343. The zero-order valence-electron chi connectivity index (χ0n) is 7.74. The number of rotatable bonds is 2. The maximum atomic E-state index is 6.10. The van der Waals surface area contributed by atoms with Gasteiger partial charge in [-0.25, -0.2) is 0 Å². The van der Waals surface area contributed by atoms with Crippen LogP contribution in [0, 0.1) is 11.3 Å². The molecule has 0 saturated heterocycles. The maximum absolute atomic E-state index is 6.10. The van der Waals surface area contributed by atoms with Gasteiger partial charge in [0.25, 0.3) is 0 Å². The van der Waals surface area contributed by atoms with Gasteiger partial charge in [0.1, 0.15) is 0 Å². The van der Waals surface area contributed by atoms with E-state index in [1.165, 1.54) is 0 Å². The first-order valence-electron chi connectivity index (χ1n) is 3.97. The molecule has 0 radical (unpaired) electrons. The fourth-order valence-electron chi connectivity index (χ4n) is 0.821. The fourth-order valence-corrected chi connectivity index (χ4v) is 1.28. The molecule has 0 aliphatic carbocycles. The van der Waals surface area contributed by atoms with Crippen molar-refractivity contribution in [3.05, 3.63) is 0 Å². The Morgan fingerprint density at radius 1 is 1.20 bits per heavy atom. The van der Waals surface area contributed by atoms with Crippen molar-refractivity contribution in [1.82, 2.24) is 0 Å². The molecule has 10 heavy (non-hydrogen) atoms. The van der Waals surface area contributed by atoms with E-state index in [1.54, 1.807) is 0 Å². The highest BCUT2D eigenvalue weighted by molar-refractivity contribution is 6.20. The van der Waals surface area contributed by atoms with Gasteiger partial charge in [0.2, 0.25) is 0 Å². The molecule has 0 rings (SSSR count). The predicted octanol–water partition coefficient (Wildman–Crippen LogP) is 3.69. The lowest BCUT2D eigenvalue weighted by Gasteiger charge is -2.23. The van der Waals surface area contributed by atoms with Crippen molar-refractivity contribution in [2.45, 2.75) is 46.4 Å². The van der Waals surface area contributed by atoms with Gasteiger partial charge in [-0.1, -0.05) is 34.6 Å². The van der Waals surface area contributed by atoms with Crippen molar-refractivity contribution >= 4 is 11.6 Å². The lowest BCUT2D eigenvalue weighted by atomic mass is 9.87. The Morgan fingerprint density at radius 2 is 1.60 bits per heavy atom. The van der Waals surface area contributed by atoms with Gasteiger partial charge >= 0.3 is 0 Å². The number of hydrogen-bond acceptors (Lipinski definition) is 0. The van der Waals surface area contributed by atoms with Crippen LogP contribution >= 0.6 is 11.6 Å². The summed E-state index contributed by atoms with van der Waals surface area (Å²) < 4.78 is 0. The molecule has 1 heteroatoms. The van der Waals surface area contributed by atoms with Crippen molar-refractivity contribution in [2.75, 3.05) is 0 Å². The Morgan fingerprint density at radius 3 is 1.70 bits per heavy atom. The van der Waals surface area contributed by atoms with E-state index in [9.17, 15) is 0 Å². The molecule has 62 valence electrons. The Labute approximate surface area is 70.0 Å². The van der Waals surface area contributed by atoms with Crippen molar-refractivity contribution in [3.63, 3.8) is 0 Å². The topological polar surface area (TPSA) is 0 Å². The number of halogens is 1. The van der Waals surface area contributed by atoms with Crippen LogP contribution in [0.25, 0.3) is 0 Å². The summed E-state index contributed by atoms with van der Waals surface area (Å²) in [5, 5.41) is 0.333. The molecule has 0 nitrogen and oxygen atoms in total. The van der Waals surface area contributed by atoms with Crippen LogP contribution in [-0.4, -0.2) is 5.38 Å². The summed E-state index contributed by atoms with van der Waals surface area (Å²) in [6, 6.07) is 0. The summed E-state index contributed by atoms with van der Waals surface area (Å²) in [7, 11) is 0. The van der Waals surface area contributed by atoms with Crippen LogP contribution in [0.4, 0.5) is 0 Å². The van der Waals surface area contributed by atoms with Gasteiger partial charge in [-0.3, -0.25) is 0 Å². The second-order valence-corrected chi connectivity index (χ2v) is 5.09. The summed E-state index contributed by atoms with van der Waals surface area (Å²) in [6.07, 6.45) is 1.10. The molecule has 1 unspecified atom stereocenters. The van der Waals surface area contributed by atoms with Crippen LogP contribution < -0.4 is 0 Å². The van der Waals surface area contributed by atoms with Crippen LogP contribution in [0.15, 0.2) is 0 Å². The molecule has 0 saturated carbocycles. The van der Waals surface area contributed by atoms with Crippen molar-refractivity contribution < 1.29 is 0 Å². The molecule has 0 heterocycles. The third-order valence-corrected chi connectivity index (χ3v) is 2.19. The predicted molar refractivity (Wildman–Crippen MR) is 48.6 cm³/mol. The highest BCUT2D eigenvalue weighted by atomic mass is 35.5. The molecule has 0 spiro atoms. The molecule has 0 bridgehead atoms. The summed E-state index contributed by atoms with van der Waals surface area (Å²) in [5.74, 6) is 0.598. The Balaban J connectivity index is 3.68. The molecule has 0 fully saturated rings. The van der Waals surface area contributed by atoms with E-state index in [-0.39, 0.29) is 0 Å². The monoisotopic (exact) mass is 162 g/mol. The van der Waals surface area contributed by atoms with E-state index < -0.39 is 0 Å². The number of alkyl halides is 1. The zero-order valence-corrected chi connectivity index (χ0v) is 8.50. The summed E-state index contributed by atoms with van der Waals surface area (Å²) in [5.41, 5.74) is 0.372. The van der Waals surface area contributed by atoms with Gasteiger partial charge in [0.05, 0.1) is 0 Å². The minimum atomic E-state index is 0.333. The van der Waals surface area contributed by atoms with E-state index in [0.29, 0.717) is 16.7 Å². The van der Waals surface area contributed by atoms with Gasteiger partial charge in [-0.2, -0.15) is 0 Å². The molecule has 0 amide bonds. The summed E-state index contributed by atoms with van der Waals surface area (Å²) in [4.78, 5) is 0. The molecule has 0 aromatic rings. The van der Waals surface area contributed by atoms with Gasteiger partial charge in [0.15, 0.2) is 0 Å². The fraction of sp³-hybridized carbons (Fsp3) is 1.00. The van der Waals surface area contributed by atoms with Crippen molar-refractivity contribution in [1.29, 1.82) is 0 Å². The van der Waals surface area contributed by atoms with E-state index in [2.05, 4.69) is 34.6 Å². The molecule has 0 aliphatic rings. The Kier molecular flexibility index (Phi) is 3.72. The first-order chi connectivity index (χ1) is 4.33. The van der Waals surface area contributed by atoms with Gasteiger partial charge < -0.3 is 0 Å². The van der Waals surface area contributed by atoms with Crippen LogP contribution in [0.2, 0.25) is 0 Å². The van der Waals surface area contributed by atoms with E-state index >= 15 is 0 Å². The first kappa shape index (κ1) is 10.3. The minimum Gasteiger partial charge on any atom is -0.123 e. The second kappa shape index (κ2) is 3.61. The van der Waals surface area contributed by atoms with Crippen molar-refractivity contribution in [3.8, 4) is 0 Å². The Bertz CT molecular complexity index is 89.4. The summed E-state index contributed by atoms with van der Waals surface area (Å²) >= 11 is 6.10. The maximum Gasteiger partial charge on any atom is 0.0364 e. The van der Waals surface area contributed by atoms with E-state index in [1.807, 2.05) is 0 Å². The standard InChI is InChI=1S/C9H19Cl/c1-7(2)8(10)6-9(3,4)5/h7-8H,6H2,1-5H3. The average Bonchev–Trinajstić information content (AvgIpc) is 1.60. The molecule has 0 aliphatic heterocycles. The van der Waals surface area contributed by atoms with Crippen LogP contribution in [0.1, 0.15) is 41.0 Å². The minimum absolute atomic E-state index is 0.333. The van der Waals surface area contributed by atoms with Gasteiger partial charge in [-0.05, 0) is 17.8 Å². The molecular formula is C9H19Cl. The zero-order chi connectivity index (χ0) is 8.36. The van der Waals surface area contributed by atoms with Crippen LogP contribution in [0.5, 0.6) is 0 Å². The molecule has 0 aromatic heterocycles. The largest absolute Gasteiger partial charge is 0.123 e. The summed E-state index contributed by atoms with van der Waals surface area (Å²) in [6.45, 7) is 11.0. The molecule has 0 N–H and O–H groups in total. The van der Waals surface area contributed by atoms with E-state index in [4.69, 9.17) is 11.6 Å². The van der Waals surface area contributed by atoms with Crippen LogP contribution in [0.3, 0.4) is 0 Å². The third kappa shape index (κ3) is 5.10. The highest BCUT2D eigenvalue weighted by Crippen LogP contribution is 2.27. The molecule has 1 atom stereocenters. The van der Waals surface area contributed by atoms with Crippen molar-refractivity contribution in [2.24, 2.45) is 11.3 Å². The van der Waals surface area contributed by atoms with E-state index in [0.717, 1.165) is 6.42 Å². The number of hydrogen-bond donors (Lipinski definition) is 0. The second-order valence-electron chi connectivity index (χ2n) is 4.52. The Hall–Kier alpha value is 0.290. The van der Waals surface area contributed by atoms with Crippen LogP contribution in [-0.2, 0) is 0 Å². The third-order valence-electron chi connectivity index (χ3n) is 1.53. The smallest absolute Gasteiger partial charge is 0.0364 e. The SMILES string of the molecule is CC(C)C(Cl)CC(C)(C)C. The van der Waals surface area contributed by atoms with Gasteiger partial charge in [-0.15, -0.1) is 11.6 Å². The molecule has 0 aromatic carbocycles. The van der Waals surface area contributed by atoms with Gasteiger partial charge in [0, 0.05) is 5.38 Å². The molecular weight excluding hydrogens is 144 g/mol. The normalized spacial score (nSPS) is 15.9. The highest BCUT2D eigenvalue weighted by Gasteiger charge is 2.18. The quantitative estimate of drug-likeness (QED) is 0.544. The average molecular weight is 163 g/mol. The first-order valence-corrected chi connectivity index (χ1v) is 4.40.